The van der Waals surface area contributed by atoms with Gasteiger partial charge in [-0.1, -0.05) is 51.5 Å². The molecule has 0 saturated carbocycles. The summed E-state index contributed by atoms with van der Waals surface area (Å²) in [6, 6.07) is 0. The molecule has 0 aromatic rings. The van der Waals surface area contributed by atoms with E-state index in [4.69, 9.17) is 0 Å². The minimum absolute atomic E-state index is 0.105. The van der Waals surface area contributed by atoms with E-state index in [1.165, 1.54) is 44.1 Å². The van der Waals surface area contributed by atoms with Gasteiger partial charge >= 0.3 is 0 Å². The fourth-order valence-corrected chi connectivity index (χ4v) is 1.63. The second kappa shape index (κ2) is 6.20. The molecule has 1 rings (SSSR count). The molecular weight excluding hydrogens is 160 g/mol. The molecule has 1 unspecified atom stereocenters. The SMILES string of the molecule is CCCCCCCCC(O)C1=CC1. The van der Waals surface area contributed by atoms with E-state index in [2.05, 4.69) is 13.0 Å². The molecular formula is C12H22O. The zero-order valence-electron chi connectivity index (χ0n) is 8.76. The van der Waals surface area contributed by atoms with Crippen molar-refractivity contribution in [3.63, 3.8) is 0 Å². The van der Waals surface area contributed by atoms with E-state index in [0.717, 1.165) is 12.8 Å². The minimum atomic E-state index is -0.105. The van der Waals surface area contributed by atoms with Crippen LogP contribution in [0.15, 0.2) is 11.6 Å². The van der Waals surface area contributed by atoms with Crippen molar-refractivity contribution in [3.05, 3.63) is 11.6 Å². The highest BCUT2D eigenvalue weighted by Gasteiger charge is 2.16. The normalized spacial score (nSPS) is 16.9. The molecule has 76 valence electrons. The topological polar surface area (TPSA) is 20.2 Å². The van der Waals surface area contributed by atoms with Crippen LogP contribution in [0.5, 0.6) is 0 Å². The highest BCUT2D eigenvalue weighted by Crippen LogP contribution is 2.25. The molecule has 0 heterocycles. The summed E-state index contributed by atoms with van der Waals surface area (Å²) in [5.74, 6) is 0. The highest BCUT2D eigenvalue weighted by molar-refractivity contribution is 5.25. The molecule has 1 aliphatic rings. The number of rotatable bonds is 8. The number of unbranched alkanes of at least 4 members (excludes halogenated alkanes) is 5. The first kappa shape index (κ1) is 10.8. The molecule has 1 atom stereocenters. The summed E-state index contributed by atoms with van der Waals surface area (Å²) in [6.45, 7) is 2.24. The van der Waals surface area contributed by atoms with Crippen molar-refractivity contribution in [1.29, 1.82) is 0 Å². The maximum Gasteiger partial charge on any atom is 0.0753 e. The van der Waals surface area contributed by atoms with E-state index in [1.54, 1.807) is 0 Å². The monoisotopic (exact) mass is 182 g/mol. The second-order valence-corrected chi connectivity index (χ2v) is 4.06. The standard InChI is InChI=1S/C12H22O/c1-2-3-4-5-6-7-8-12(13)11-9-10-11/h9,12-13H,2-8,10H2,1H3. The smallest absolute Gasteiger partial charge is 0.0753 e. The minimum Gasteiger partial charge on any atom is -0.389 e. The molecule has 1 heteroatoms. The molecule has 0 aliphatic heterocycles. The van der Waals surface area contributed by atoms with Gasteiger partial charge in [-0.15, -0.1) is 0 Å². The first-order chi connectivity index (χ1) is 6.34. The van der Waals surface area contributed by atoms with Gasteiger partial charge in [-0.2, -0.15) is 0 Å². The maximum absolute atomic E-state index is 9.52. The van der Waals surface area contributed by atoms with Gasteiger partial charge in [0.1, 0.15) is 0 Å². The summed E-state index contributed by atoms with van der Waals surface area (Å²) in [5, 5.41) is 9.52. The number of hydrogen-bond acceptors (Lipinski definition) is 1. The van der Waals surface area contributed by atoms with E-state index >= 15 is 0 Å². The fourth-order valence-electron chi connectivity index (χ4n) is 1.63. The van der Waals surface area contributed by atoms with Gasteiger partial charge in [0.05, 0.1) is 6.10 Å². The predicted octanol–water partition coefficient (Wildman–Crippen LogP) is 3.43. The van der Waals surface area contributed by atoms with Gasteiger partial charge in [0.25, 0.3) is 0 Å². The lowest BCUT2D eigenvalue weighted by atomic mass is 10.1. The summed E-state index contributed by atoms with van der Waals surface area (Å²) >= 11 is 0. The Hall–Kier alpha value is -0.300. The Kier molecular flexibility index (Phi) is 5.14. The Morgan fingerprint density at radius 2 is 1.85 bits per heavy atom. The summed E-state index contributed by atoms with van der Waals surface area (Å²) < 4.78 is 0. The predicted molar refractivity (Wildman–Crippen MR) is 56.7 cm³/mol. The lowest BCUT2D eigenvalue weighted by molar-refractivity contribution is 0.200. The van der Waals surface area contributed by atoms with E-state index in [0.29, 0.717) is 0 Å². The fraction of sp³-hybridized carbons (Fsp3) is 0.833. The van der Waals surface area contributed by atoms with Crippen LogP contribution in [-0.4, -0.2) is 11.2 Å². The first-order valence-corrected chi connectivity index (χ1v) is 5.71. The highest BCUT2D eigenvalue weighted by atomic mass is 16.3. The van der Waals surface area contributed by atoms with E-state index < -0.39 is 0 Å². The van der Waals surface area contributed by atoms with Crippen molar-refractivity contribution in [2.45, 2.75) is 64.4 Å². The van der Waals surface area contributed by atoms with Crippen molar-refractivity contribution in [2.75, 3.05) is 0 Å². The Morgan fingerprint density at radius 3 is 2.46 bits per heavy atom. The molecule has 0 spiro atoms. The lowest BCUT2D eigenvalue weighted by Gasteiger charge is -2.05. The van der Waals surface area contributed by atoms with Gasteiger partial charge < -0.3 is 5.11 Å². The number of aliphatic hydroxyl groups is 1. The number of aliphatic hydroxyl groups excluding tert-OH is 1. The van der Waals surface area contributed by atoms with E-state index in [9.17, 15) is 5.11 Å². The summed E-state index contributed by atoms with van der Waals surface area (Å²) in [5.41, 5.74) is 1.27. The molecule has 13 heavy (non-hydrogen) atoms. The summed E-state index contributed by atoms with van der Waals surface area (Å²) in [4.78, 5) is 0. The lowest BCUT2D eigenvalue weighted by Crippen LogP contribution is -2.03. The van der Waals surface area contributed by atoms with Crippen LogP contribution in [0.2, 0.25) is 0 Å². The van der Waals surface area contributed by atoms with Crippen molar-refractivity contribution < 1.29 is 5.11 Å². The summed E-state index contributed by atoms with van der Waals surface area (Å²) in [7, 11) is 0. The second-order valence-electron chi connectivity index (χ2n) is 4.06. The van der Waals surface area contributed by atoms with Crippen molar-refractivity contribution in [2.24, 2.45) is 0 Å². The zero-order chi connectivity index (χ0) is 9.52. The molecule has 0 aromatic heterocycles. The van der Waals surface area contributed by atoms with Crippen molar-refractivity contribution in [3.8, 4) is 0 Å². The number of hydrogen-bond donors (Lipinski definition) is 1. The average molecular weight is 182 g/mol. The van der Waals surface area contributed by atoms with Gasteiger partial charge in [0, 0.05) is 0 Å². The maximum atomic E-state index is 9.52. The molecule has 0 saturated heterocycles. The van der Waals surface area contributed by atoms with Crippen molar-refractivity contribution in [1.82, 2.24) is 0 Å². The summed E-state index contributed by atoms with van der Waals surface area (Å²) in [6.07, 6.45) is 12.0. The van der Waals surface area contributed by atoms with Gasteiger partial charge in [-0.05, 0) is 18.4 Å². The van der Waals surface area contributed by atoms with E-state index in [1.807, 2.05) is 0 Å². The van der Waals surface area contributed by atoms with E-state index in [-0.39, 0.29) is 6.10 Å². The average Bonchev–Trinajstić information content (AvgIpc) is 2.93. The van der Waals surface area contributed by atoms with Gasteiger partial charge in [0.2, 0.25) is 0 Å². The third kappa shape index (κ3) is 5.09. The Morgan fingerprint density at radius 1 is 1.23 bits per heavy atom. The van der Waals surface area contributed by atoms with Crippen LogP contribution in [0.25, 0.3) is 0 Å². The van der Waals surface area contributed by atoms with Gasteiger partial charge in [-0.3, -0.25) is 0 Å². The first-order valence-electron chi connectivity index (χ1n) is 5.71. The van der Waals surface area contributed by atoms with Gasteiger partial charge in [0.15, 0.2) is 0 Å². The molecule has 0 fully saturated rings. The van der Waals surface area contributed by atoms with Crippen LogP contribution < -0.4 is 0 Å². The third-order valence-corrected chi connectivity index (χ3v) is 2.70. The quantitative estimate of drug-likeness (QED) is 0.450. The molecule has 1 nitrogen and oxygen atoms in total. The van der Waals surface area contributed by atoms with Gasteiger partial charge in [-0.25, -0.2) is 0 Å². The third-order valence-electron chi connectivity index (χ3n) is 2.70. The molecule has 0 aromatic carbocycles. The Labute approximate surface area is 81.9 Å². The van der Waals surface area contributed by atoms with Crippen molar-refractivity contribution >= 4 is 0 Å². The zero-order valence-corrected chi connectivity index (χ0v) is 8.76. The van der Waals surface area contributed by atoms with Crippen LogP contribution in [-0.2, 0) is 0 Å². The van der Waals surface area contributed by atoms with Crippen LogP contribution in [0.1, 0.15) is 58.3 Å². The number of allylic oxidation sites excluding steroid dienone is 1. The van der Waals surface area contributed by atoms with Crippen LogP contribution in [0.3, 0.4) is 0 Å². The van der Waals surface area contributed by atoms with Crippen LogP contribution in [0, 0.1) is 0 Å². The Balaban J connectivity index is 1.80. The molecule has 0 bridgehead atoms. The van der Waals surface area contributed by atoms with Crippen LogP contribution >= 0.6 is 0 Å². The van der Waals surface area contributed by atoms with Crippen LogP contribution in [0.4, 0.5) is 0 Å². The molecule has 1 aliphatic carbocycles. The Bertz CT molecular complexity index is 161. The molecule has 0 amide bonds. The molecule has 0 radical (unpaired) electrons. The molecule has 1 N–H and O–H groups in total. The largest absolute Gasteiger partial charge is 0.389 e.